The van der Waals surface area contributed by atoms with E-state index in [-0.39, 0.29) is 5.69 Å². The van der Waals surface area contributed by atoms with E-state index in [0.717, 1.165) is 12.1 Å². The van der Waals surface area contributed by atoms with E-state index in [0.29, 0.717) is 16.3 Å². The second kappa shape index (κ2) is 5.98. The lowest BCUT2D eigenvalue weighted by Gasteiger charge is -2.11. The van der Waals surface area contributed by atoms with E-state index < -0.39 is 26.6 Å². The fourth-order valence-corrected chi connectivity index (χ4v) is 3.23. The first-order valence-electron chi connectivity index (χ1n) is 5.65. The van der Waals surface area contributed by atoms with E-state index in [4.69, 9.17) is 4.74 Å². The third kappa shape index (κ3) is 3.51. The van der Waals surface area contributed by atoms with Crippen LogP contribution in [0.25, 0.3) is 0 Å². The summed E-state index contributed by atoms with van der Waals surface area (Å²) in [6.07, 6.45) is 0. The summed E-state index contributed by atoms with van der Waals surface area (Å²) in [5.41, 5.74) is 0.151. The smallest absolute Gasteiger partial charge is 0.264 e. The predicted octanol–water partition coefficient (Wildman–Crippen LogP) is 3.54. The average Bonchev–Trinajstić information content (AvgIpc) is 2.43. The Bertz CT molecular complexity index is 781. The number of anilines is 1. The van der Waals surface area contributed by atoms with Crippen LogP contribution >= 0.6 is 15.9 Å². The molecule has 0 radical (unpaired) electrons. The lowest BCUT2D eigenvalue weighted by Crippen LogP contribution is -2.15. The van der Waals surface area contributed by atoms with E-state index in [1.165, 1.54) is 13.2 Å². The fraction of sp³-hybridized carbons (Fsp3) is 0.0769. The number of benzene rings is 2. The molecule has 4 nitrogen and oxygen atoms in total. The zero-order chi connectivity index (χ0) is 15.6. The summed E-state index contributed by atoms with van der Waals surface area (Å²) < 4.78 is 58.6. The van der Waals surface area contributed by atoms with Crippen LogP contribution in [0.4, 0.5) is 14.5 Å². The van der Waals surface area contributed by atoms with Crippen LogP contribution < -0.4 is 9.46 Å². The summed E-state index contributed by atoms with van der Waals surface area (Å²) in [4.78, 5) is -0.766. The summed E-state index contributed by atoms with van der Waals surface area (Å²) in [6.45, 7) is 0. The van der Waals surface area contributed by atoms with Gasteiger partial charge < -0.3 is 4.74 Å². The van der Waals surface area contributed by atoms with Crippen molar-refractivity contribution in [2.75, 3.05) is 11.8 Å². The van der Waals surface area contributed by atoms with Crippen molar-refractivity contribution in [3.8, 4) is 5.75 Å². The number of hydrogen-bond donors (Lipinski definition) is 1. The molecule has 0 saturated heterocycles. The summed E-state index contributed by atoms with van der Waals surface area (Å²) in [7, 11) is -2.84. The maximum absolute atomic E-state index is 13.6. The van der Waals surface area contributed by atoms with E-state index in [1.54, 1.807) is 12.1 Å². The second-order valence-electron chi connectivity index (χ2n) is 4.03. The molecule has 0 bridgehead atoms. The highest BCUT2D eigenvalue weighted by Gasteiger charge is 2.21. The van der Waals surface area contributed by atoms with Crippen molar-refractivity contribution in [3.05, 3.63) is 52.5 Å². The predicted molar refractivity (Wildman–Crippen MR) is 77.9 cm³/mol. The van der Waals surface area contributed by atoms with Crippen LogP contribution in [0.15, 0.2) is 45.8 Å². The van der Waals surface area contributed by atoms with Gasteiger partial charge in [0.05, 0.1) is 12.8 Å². The molecule has 0 unspecified atom stereocenters. The number of hydrogen-bond acceptors (Lipinski definition) is 3. The van der Waals surface area contributed by atoms with Gasteiger partial charge in [-0.15, -0.1) is 0 Å². The zero-order valence-electron chi connectivity index (χ0n) is 10.7. The summed E-state index contributed by atoms with van der Waals surface area (Å²) in [5, 5.41) is 0. The molecule has 0 atom stereocenters. The van der Waals surface area contributed by atoms with Crippen LogP contribution in [0, 0.1) is 11.6 Å². The second-order valence-corrected chi connectivity index (χ2v) is 6.53. The van der Waals surface area contributed by atoms with Crippen molar-refractivity contribution in [1.29, 1.82) is 0 Å². The Morgan fingerprint density at radius 2 is 1.86 bits per heavy atom. The Morgan fingerprint density at radius 3 is 2.52 bits per heavy atom. The summed E-state index contributed by atoms with van der Waals surface area (Å²) >= 11 is 3.17. The van der Waals surface area contributed by atoms with E-state index in [2.05, 4.69) is 20.7 Å². The molecule has 0 amide bonds. The lowest BCUT2D eigenvalue weighted by molar-refractivity contribution is 0.415. The van der Waals surface area contributed by atoms with Gasteiger partial charge in [-0.2, -0.15) is 0 Å². The average molecular weight is 378 g/mol. The van der Waals surface area contributed by atoms with Gasteiger partial charge in [-0.3, -0.25) is 4.72 Å². The molecule has 0 aliphatic rings. The van der Waals surface area contributed by atoms with Crippen molar-refractivity contribution >= 4 is 31.6 Å². The van der Waals surface area contributed by atoms with E-state index in [1.807, 2.05) is 0 Å². The van der Waals surface area contributed by atoms with Crippen LogP contribution in [-0.2, 0) is 10.0 Å². The molecule has 0 saturated carbocycles. The Kier molecular flexibility index (Phi) is 4.48. The van der Waals surface area contributed by atoms with Crippen LogP contribution in [0.2, 0.25) is 0 Å². The number of sulfonamides is 1. The molecule has 8 heteroatoms. The van der Waals surface area contributed by atoms with Crippen molar-refractivity contribution in [1.82, 2.24) is 0 Å². The normalized spacial score (nSPS) is 11.2. The largest absolute Gasteiger partial charge is 0.497 e. The van der Waals surface area contributed by atoms with E-state index >= 15 is 0 Å². The molecule has 0 fully saturated rings. The molecule has 0 aromatic heterocycles. The van der Waals surface area contributed by atoms with E-state index in [9.17, 15) is 17.2 Å². The topological polar surface area (TPSA) is 55.4 Å². The molecule has 0 aliphatic heterocycles. The lowest BCUT2D eigenvalue weighted by atomic mass is 10.3. The molecule has 1 N–H and O–H groups in total. The number of halogens is 3. The third-order valence-electron chi connectivity index (χ3n) is 2.60. The minimum absolute atomic E-state index is 0.151. The first-order chi connectivity index (χ1) is 9.83. The molecule has 0 spiro atoms. The Balaban J connectivity index is 2.44. The monoisotopic (exact) mass is 377 g/mol. The maximum Gasteiger partial charge on any atom is 0.264 e. The van der Waals surface area contributed by atoms with Crippen LogP contribution in [-0.4, -0.2) is 15.5 Å². The van der Waals surface area contributed by atoms with Crippen LogP contribution in [0.1, 0.15) is 0 Å². The number of rotatable bonds is 4. The molecule has 2 aromatic carbocycles. The van der Waals surface area contributed by atoms with Crippen LogP contribution in [0.3, 0.4) is 0 Å². The number of nitrogens with one attached hydrogen (secondary N) is 1. The Morgan fingerprint density at radius 1 is 1.14 bits per heavy atom. The minimum Gasteiger partial charge on any atom is -0.497 e. The number of ether oxygens (including phenoxy) is 1. The van der Waals surface area contributed by atoms with Gasteiger partial charge >= 0.3 is 0 Å². The van der Waals surface area contributed by atoms with Gasteiger partial charge in [0.1, 0.15) is 22.3 Å². The molecular weight excluding hydrogens is 368 g/mol. The van der Waals surface area contributed by atoms with Gasteiger partial charge in [-0.05, 0) is 46.3 Å². The Labute approximate surface area is 128 Å². The highest BCUT2D eigenvalue weighted by Crippen LogP contribution is 2.29. The third-order valence-corrected chi connectivity index (χ3v) is 4.67. The first-order valence-corrected chi connectivity index (χ1v) is 7.92. The quantitative estimate of drug-likeness (QED) is 0.886. The molecule has 2 rings (SSSR count). The molecule has 112 valence electrons. The van der Waals surface area contributed by atoms with Crippen molar-refractivity contribution < 1.29 is 21.9 Å². The highest BCUT2D eigenvalue weighted by molar-refractivity contribution is 9.10. The fourth-order valence-electron chi connectivity index (χ4n) is 1.59. The number of methoxy groups -OCH3 is 1. The molecule has 0 heterocycles. The van der Waals surface area contributed by atoms with Gasteiger partial charge in [0.15, 0.2) is 0 Å². The SMILES string of the molecule is COc1ccc(Br)c(NS(=O)(=O)c2cc(F)ccc2F)c1. The first kappa shape index (κ1) is 15.7. The van der Waals surface area contributed by atoms with Gasteiger partial charge in [-0.25, -0.2) is 17.2 Å². The molecule has 21 heavy (non-hydrogen) atoms. The molecule has 0 aliphatic carbocycles. The summed E-state index contributed by atoms with van der Waals surface area (Å²) in [5.74, 6) is -1.47. The van der Waals surface area contributed by atoms with Gasteiger partial charge in [-0.1, -0.05) is 0 Å². The van der Waals surface area contributed by atoms with Crippen molar-refractivity contribution in [2.45, 2.75) is 4.90 Å². The van der Waals surface area contributed by atoms with Gasteiger partial charge in [0.25, 0.3) is 10.0 Å². The van der Waals surface area contributed by atoms with Gasteiger partial charge in [0, 0.05) is 10.5 Å². The van der Waals surface area contributed by atoms with Gasteiger partial charge in [0.2, 0.25) is 0 Å². The Hall–Kier alpha value is -1.67. The summed E-state index contributed by atoms with van der Waals surface area (Å²) in [6, 6.07) is 6.81. The standard InChI is InChI=1S/C13H10BrF2NO3S/c1-20-9-3-4-10(14)12(7-9)17-21(18,19)13-6-8(15)2-5-11(13)16/h2-7,17H,1H3. The molecular formula is C13H10BrF2NO3S. The van der Waals surface area contributed by atoms with Crippen molar-refractivity contribution in [3.63, 3.8) is 0 Å². The van der Waals surface area contributed by atoms with Crippen LogP contribution in [0.5, 0.6) is 5.75 Å². The maximum atomic E-state index is 13.6. The molecule has 2 aromatic rings. The minimum atomic E-state index is -4.26. The highest BCUT2D eigenvalue weighted by atomic mass is 79.9. The van der Waals surface area contributed by atoms with Crippen molar-refractivity contribution in [2.24, 2.45) is 0 Å². The zero-order valence-corrected chi connectivity index (χ0v) is 13.1.